The number of carbonyl (C=O) groups is 1. The van der Waals surface area contributed by atoms with Crippen LogP contribution in [0.2, 0.25) is 5.02 Å². The summed E-state index contributed by atoms with van der Waals surface area (Å²) in [7, 11) is 0. The molecule has 6 nitrogen and oxygen atoms in total. The van der Waals surface area contributed by atoms with Crippen LogP contribution >= 0.6 is 11.6 Å². The first-order chi connectivity index (χ1) is 19.7. The molecule has 3 aromatic rings. The van der Waals surface area contributed by atoms with Crippen molar-refractivity contribution in [3.63, 3.8) is 0 Å². The second-order valence-electron chi connectivity index (χ2n) is 11.8. The van der Waals surface area contributed by atoms with Crippen molar-refractivity contribution in [1.82, 2.24) is 15.0 Å². The van der Waals surface area contributed by atoms with Crippen molar-refractivity contribution in [2.45, 2.75) is 79.1 Å². The second-order valence-corrected chi connectivity index (χ2v) is 12.2. The highest BCUT2D eigenvalue weighted by Crippen LogP contribution is 2.34. The molecule has 0 fully saturated rings. The lowest BCUT2D eigenvalue weighted by Crippen LogP contribution is -2.24. The second kappa shape index (κ2) is 13.9. The van der Waals surface area contributed by atoms with Crippen LogP contribution in [0.1, 0.15) is 95.2 Å². The number of nitrogens with zero attached hydrogens (tertiary/aromatic N) is 3. The molecule has 0 bridgehead atoms. The van der Waals surface area contributed by atoms with Gasteiger partial charge in [-0.05, 0) is 75.6 Å². The number of carbonyl (C=O) groups excluding carboxylic acids is 1. The Morgan fingerprint density at radius 3 is 2.80 bits per heavy atom. The summed E-state index contributed by atoms with van der Waals surface area (Å²) in [6.07, 6.45) is 18.3. The molecule has 0 aliphatic carbocycles. The third-order valence-corrected chi connectivity index (χ3v) is 7.90. The lowest BCUT2D eigenvalue weighted by atomic mass is 9.81. The van der Waals surface area contributed by atoms with E-state index in [0.717, 1.165) is 79.3 Å². The highest BCUT2D eigenvalue weighted by Gasteiger charge is 2.29. The number of aliphatic imine (C=N–C) groups is 1. The summed E-state index contributed by atoms with van der Waals surface area (Å²) in [6, 6.07) is 7.54. The van der Waals surface area contributed by atoms with Gasteiger partial charge in [0.15, 0.2) is 5.78 Å². The maximum Gasteiger partial charge on any atom is 0.227 e. The van der Waals surface area contributed by atoms with E-state index in [9.17, 15) is 4.79 Å². The number of hydrogen-bond acceptors (Lipinski definition) is 5. The SMILES string of the molecule is C=CCC/C=C(/C)CCCCCC(C)(C)C(=O)c1cc2cc(Nc3nccc(C4=CCC(C)C=N4)n3)cc(Cl)c2[nH]1. The molecular formula is C34H42ClN5O. The zero-order chi connectivity index (χ0) is 29.4. The topological polar surface area (TPSA) is 83.0 Å². The molecule has 0 amide bonds. The molecule has 1 atom stereocenters. The number of H-pyrrole nitrogens is 1. The standard InChI is InChI=1S/C34H42ClN5O/c1-6-7-9-12-23(2)13-10-8-11-17-34(4,5)32(41)30-20-25-19-26(21-27(35)31(25)39-30)38-33-36-18-16-29(40-33)28-15-14-24(3)22-37-28/h6,12,15-16,18-22,24,39H,1,7-11,13-14,17H2,2-5H3,(H,36,38,40)/b23-12-. The summed E-state index contributed by atoms with van der Waals surface area (Å²) >= 11 is 6.65. The summed E-state index contributed by atoms with van der Waals surface area (Å²) in [6.45, 7) is 12.2. The quantitative estimate of drug-likeness (QED) is 0.114. The summed E-state index contributed by atoms with van der Waals surface area (Å²) in [5.41, 5.74) is 4.68. The van der Waals surface area contributed by atoms with Gasteiger partial charge in [0.25, 0.3) is 0 Å². The molecule has 1 unspecified atom stereocenters. The average Bonchev–Trinajstić information content (AvgIpc) is 3.38. The van der Waals surface area contributed by atoms with Gasteiger partial charge in [0, 0.05) is 28.9 Å². The average molecular weight is 572 g/mol. The molecule has 2 N–H and O–H groups in total. The van der Waals surface area contributed by atoms with Crippen molar-refractivity contribution in [1.29, 1.82) is 0 Å². The van der Waals surface area contributed by atoms with Gasteiger partial charge in [-0.15, -0.1) is 6.58 Å². The third-order valence-electron chi connectivity index (χ3n) is 7.60. The van der Waals surface area contributed by atoms with Gasteiger partial charge in [0.05, 0.1) is 27.6 Å². The normalized spacial score (nSPS) is 15.7. The highest BCUT2D eigenvalue weighted by molar-refractivity contribution is 6.35. The number of hydrogen-bond donors (Lipinski definition) is 2. The molecule has 0 saturated carbocycles. The first-order valence-corrected chi connectivity index (χ1v) is 15.0. The van der Waals surface area contributed by atoms with E-state index in [1.807, 2.05) is 50.4 Å². The molecular weight excluding hydrogens is 530 g/mol. The Kier molecular flexibility index (Phi) is 10.3. The molecule has 41 heavy (non-hydrogen) atoms. The predicted octanol–water partition coefficient (Wildman–Crippen LogP) is 9.88. The number of anilines is 2. The minimum Gasteiger partial charge on any atom is -0.351 e. The van der Waals surface area contributed by atoms with Gasteiger partial charge >= 0.3 is 0 Å². The number of aromatic amines is 1. The number of rotatable bonds is 14. The van der Waals surface area contributed by atoms with Crippen molar-refractivity contribution in [2.24, 2.45) is 16.3 Å². The molecule has 0 spiro atoms. The predicted molar refractivity (Wildman–Crippen MR) is 173 cm³/mol. The van der Waals surface area contributed by atoms with Crippen molar-refractivity contribution >= 4 is 51.8 Å². The van der Waals surface area contributed by atoms with Crippen molar-refractivity contribution in [2.75, 3.05) is 5.32 Å². The number of allylic oxidation sites excluding steroid dienone is 4. The number of fused-ring (bicyclic) bond motifs is 1. The number of ketones is 1. The zero-order valence-electron chi connectivity index (χ0n) is 24.8. The lowest BCUT2D eigenvalue weighted by molar-refractivity contribution is 0.0818. The van der Waals surface area contributed by atoms with Crippen LogP contribution in [0.3, 0.4) is 0 Å². The van der Waals surface area contributed by atoms with Crippen LogP contribution in [0.25, 0.3) is 16.6 Å². The molecule has 1 aromatic carbocycles. The third kappa shape index (κ3) is 8.26. The first kappa shape index (κ1) is 30.4. The van der Waals surface area contributed by atoms with Gasteiger partial charge in [0.2, 0.25) is 5.95 Å². The fraction of sp³-hybridized carbons (Fsp3) is 0.412. The summed E-state index contributed by atoms with van der Waals surface area (Å²) in [5, 5.41) is 4.66. The van der Waals surface area contributed by atoms with Crippen LogP contribution in [-0.2, 0) is 0 Å². The Balaban J connectivity index is 1.39. The zero-order valence-corrected chi connectivity index (χ0v) is 25.5. The molecule has 2 aromatic heterocycles. The molecule has 1 aliphatic heterocycles. The number of halogens is 1. The monoisotopic (exact) mass is 571 g/mol. The lowest BCUT2D eigenvalue weighted by Gasteiger charge is -2.22. The van der Waals surface area contributed by atoms with Crippen molar-refractivity contribution in [3.8, 4) is 0 Å². The van der Waals surface area contributed by atoms with E-state index in [1.54, 1.807) is 6.20 Å². The highest BCUT2D eigenvalue weighted by atomic mass is 35.5. The van der Waals surface area contributed by atoms with E-state index in [2.05, 4.69) is 57.8 Å². The Bertz CT molecular complexity index is 1480. The van der Waals surface area contributed by atoms with Crippen LogP contribution in [0.5, 0.6) is 0 Å². The van der Waals surface area contributed by atoms with E-state index in [1.165, 1.54) is 5.57 Å². The fourth-order valence-corrected chi connectivity index (χ4v) is 5.32. The molecule has 216 valence electrons. The number of unbranched alkanes of at least 4 members (excludes halogenated alkanes) is 3. The van der Waals surface area contributed by atoms with E-state index >= 15 is 0 Å². The Labute approximate surface area is 249 Å². The summed E-state index contributed by atoms with van der Waals surface area (Å²) in [4.78, 5) is 30.3. The van der Waals surface area contributed by atoms with Gasteiger partial charge in [-0.3, -0.25) is 9.79 Å². The number of nitrogens with one attached hydrogen (secondary N) is 2. The van der Waals surface area contributed by atoms with Gasteiger partial charge in [0.1, 0.15) is 0 Å². The smallest absolute Gasteiger partial charge is 0.227 e. The maximum absolute atomic E-state index is 13.5. The van der Waals surface area contributed by atoms with Crippen molar-refractivity contribution < 1.29 is 4.79 Å². The van der Waals surface area contributed by atoms with E-state index < -0.39 is 5.41 Å². The van der Waals surface area contributed by atoms with Crippen LogP contribution in [0.15, 0.2) is 65.8 Å². The van der Waals surface area contributed by atoms with Gasteiger partial charge < -0.3 is 10.3 Å². The summed E-state index contributed by atoms with van der Waals surface area (Å²) < 4.78 is 0. The molecule has 3 heterocycles. The fourth-order valence-electron chi connectivity index (χ4n) is 5.05. The number of benzene rings is 1. The number of aromatic nitrogens is 3. The van der Waals surface area contributed by atoms with Gasteiger partial charge in [-0.1, -0.05) is 69.0 Å². The Hall–Kier alpha value is -3.51. The largest absolute Gasteiger partial charge is 0.351 e. The maximum atomic E-state index is 13.5. The van der Waals surface area contributed by atoms with E-state index in [-0.39, 0.29) is 5.78 Å². The van der Waals surface area contributed by atoms with Crippen LogP contribution in [-0.4, -0.2) is 26.9 Å². The molecule has 4 rings (SSSR count). The summed E-state index contributed by atoms with van der Waals surface area (Å²) in [5.74, 6) is 1.000. The Morgan fingerprint density at radius 1 is 1.22 bits per heavy atom. The van der Waals surface area contributed by atoms with Gasteiger partial charge in [-0.2, -0.15) is 0 Å². The molecule has 0 saturated heterocycles. The first-order valence-electron chi connectivity index (χ1n) is 14.6. The molecule has 1 aliphatic rings. The molecule has 7 heteroatoms. The van der Waals surface area contributed by atoms with Crippen LogP contribution < -0.4 is 5.32 Å². The molecule has 0 radical (unpaired) electrons. The minimum absolute atomic E-state index is 0.103. The number of Topliss-reactive ketones (excluding diaryl/α,β-unsaturated/α-hetero) is 1. The Morgan fingerprint density at radius 2 is 2.05 bits per heavy atom. The van der Waals surface area contributed by atoms with E-state index in [4.69, 9.17) is 11.6 Å². The van der Waals surface area contributed by atoms with Crippen LogP contribution in [0.4, 0.5) is 11.6 Å². The minimum atomic E-state index is -0.467. The van der Waals surface area contributed by atoms with E-state index in [0.29, 0.717) is 22.6 Å². The van der Waals surface area contributed by atoms with Crippen LogP contribution in [0, 0.1) is 11.3 Å². The van der Waals surface area contributed by atoms with Crippen molar-refractivity contribution in [3.05, 3.63) is 77.3 Å². The van der Waals surface area contributed by atoms with Gasteiger partial charge in [-0.25, -0.2) is 9.97 Å².